The lowest BCUT2D eigenvalue weighted by atomic mass is 9.63. The van der Waals surface area contributed by atoms with Crippen molar-refractivity contribution in [3.8, 4) is 22.6 Å². The summed E-state index contributed by atoms with van der Waals surface area (Å²) < 4.78 is 11.6. The minimum absolute atomic E-state index is 0.0746. The number of methoxy groups -OCH3 is 2. The summed E-state index contributed by atoms with van der Waals surface area (Å²) in [5, 5.41) is 4.96. The molecule has 4 rings (SSSR count). The van der Waals surface area contributed by atoms with Gasteiger partial charge in [-0.1, -0.05) is 52.0 Å². The molecule has 1 aliphatic carbocycles. The number of imide groups is 1. The predicted molar refractivity (Wildman–Crippen MR) is 124 cm³/mol. The Morgan fingerprint density at radius 1 is 0.938 bits per heavy atom. The second-order valence-electron chi connectivity index (χ2n) is 10.1. The lowest BCUT2D eigenvalue weighted by Gasteiger charge is -2.42. The smallest absolute Gasteiger partial charge is 0.322 e. The molecule has 0 bridgehead atoms. The van der Waals surface area contributed by atoms with Crippen molar-refractivity contribution < 1.29 is 19.1 Å². The highest BCUT2D eigenvalue weighted by Gasteiger charge is 2.37. The van der Waals surface area contributed by atoms with Crippen LogP contribution in [0.5, 0.6) is 11.5 Å². The molecule has 0 spiro atoms. The van der Waals surface area contributed by atoms with E-state index in [1.54, 1.807) is 14.2 Å². The van der Waals surface area contributed by atoms with Crippen LogP contribution in [-0.4, -0.2) is 32.2 Å². The second-order valence-corrected chi connectivity index (χ2v) is 10.1. The molecule has 1 unspecified atom stereocenters. The molecule has 6 heteroatoms. The Labute approximate surface area is 189 Å². The van der Waals surface area contributed by atoms with E-state index in [-0.39, 0.29) is 16.7 Å². The number of hydrogen-bond donors (Lipinski definition) is 2. The van der Waals surface area contributed by atoms with E-state index in [1.807, 2.05) is 12.1 Å². The third kappa shape index (κ3) is 3.72. The molecule has 2 aromatic carbocycles. The van der Waals surface area contributed by atoms with Gasteiger partial charge in [-0.3, -0.25) is 10.1 Å². The van der Waals surface area contributed by atoms with Gasteiger partial charge in [-0.2, -0.15) is 0 Å². The zero-order chi connectivity index (χ0) is 23.3. The van der Waals surface area contributed by atoms with Gasteiger partial charge in [-0.25, -0.2) is 4.79 Å². The predicted octanol–water partition coefficient (Wildman–Crippen LogP) is 4.47. The SMILES string of the molecule is COc1ccc(CC2NC(=O)NC2=O)c(OC)c1-c1ccc2c(c1)C(C)(C)CCC2(C)C. The molecule has 2 aliphatic rings. The third-order valence-electron chi connectivity index (χ3n) is 7.05. The lowest BCUT2D eigenvalue weighted by Crippen LogP contribution is -2.33. The highest BCUT2D eigenvalue weighted by atomic mass is 16.5. The maximum absolute atomic E-state index is 12.1. The zero-order valence-electron chi connectivity index (χ0n) is 19.7. The van der Waals surface area contributed by atoms with E-state index in [0.29, 0.717) is 17.9 Å². The van der Waals surface area contributed by atoms with Crippen LogP contribution in [0, 0.1) is 0 Å². The summed E-state index contributed by atoms with van der Waals surface area (Å²) in [7, 11) is 3.27. The van der Waals surface area contributed by atoms with Crippen LogP contribution in [0.2, 0.25) is 0 Å². The van der Waals surface area contributed by atoms with Crippen molar-refractivity contribution in [2.24, 2.45) is 0 Å². The lowest BCUT2D eigenvalue weighted by molar-refractivity contribution is -0.120. The van der Waals surface area contributed by atoms with Gasteiger partial charge in [0.15, 0.2) is 0 Å². The maximum Gasteiger partial charge on any atom is 0.322 e. The van der Waals surface area contributed by atoms with Crippen LogP contribution in [0.25, 0.3) is 11.1 Å². The van der Waals surface area contributed by atoms with Gasteiger partial charge < -0.3 is 14.8 Å². The molecule has 1 heterocycles. The van der Waals surface area contributed by atoms with Crippen molar-refractivity contribution in [1.82, 2.24) is 10.6 Å². The first kappa shape index (κ1) is 22.2. The average Bonchev–Trinajstić information content (AvgIpc) is 3.07. The molecule has 0 aromatic heterocycles. The Morgan fingerprint density at radius 3 is 2.22 bits per heavy atom. The summed E-state index contributed by atoms with van der Waals surface area (Å²) in [6.45, 7) is 9.22. The third-order valence-corrected chi connectivity index (χ3v) is 7.05. The molecule has 1 saturated heterocycles. The Bertz CT molecular complexity index is 1090. The minimum Gasteiger partial charge on any atom is -0.496 e. The van der Waals surface area contributed by atoms with Gasteiger partial charge >= 0.3 is 6.03 Å². The monoisotopic (exact) mass is 436 g/mol. The number of ether oxygens (including phenoxy) is 2. The number of amides is 3. The van der Waals surface area contributed by atoms with Gasteiger partial charge in [0.1, 0.15) is 17.5 Å². The highest BCUT2D eigenvalue weighted by molar-refractivity contribution is 6.04. The van der Waals surface area contributed by atoms with E-state index in [0.717, 1.165) is 29.5 Å². The van der Waals surface area contributed by atoms with E-state index in [4.69, 9.17) is 9.47 Å². The number of fused-ring (bicyclic) bond motifs is 1. The van der Waals surface area contributed by atoms with Gasteiger partial charge in [0.25, 0.3) is 5.91 Å². The molecule has 1 fully saturated rings. The molecule has 0 saturated carbocycles. The highest BCUT2D eigenvalue weighted by Crippen LogP contribution is 2.49. The number of hydrogen-bond acceptors (Lipinski definition) is 4. The van der Waals surface area contributed by atoms with E-state index in [2.05, 4.69) is 56.5 Å². The fourth-order valence-corrected chi connectivity index (χ4v) is 5.01. The number of benzene rings is 2. The molecule has 3 amide bonds. The van der Waals surface area contributed by atoms with Crippen molar-refractivity contribution in [2.45, 2.75) is 63.8 Å². The molecule has 2 N–H and O–H groups in total. The normalized spacial score (nSPS) is 20.9. The van der Waals surface area contributed by atoms with Crippen LogP contribution < -0.4 is 20.1 Å². The van der Waals surface area contributed by atoms with E-state index < -0.39 is 12.1 Å². The molecule has 0 radical (unpaired) electrons. The Balaban J connectivity index is 1.84. The number of nitrogens with one attached hydrogen (secondary N) is 2. The zero-order valence-corrected chi connectivity index (χ0v) is 19.7. The van der Waals surface area contributed by atoms with Crippen LogP contribution in [0.1, 0.15) is 57.2 Å². The summed E-state index contributed by atoms with van der Waals surface area (Å²) in [6, 6.07) is 9.34. The van der Waals surface area contributed by atoms with Crippen LogP contribution >= 0.6 is 0 Å². The van der Waals surface area contributed by atoms with Gasteiger partial charge in [0, 0.05) is 6.42 Å². The van der Waals surface area contributed by atoms with Gasteiger partial charge in [0.2, 0.25) is 0 Å². The Kier molecular flexibility index (Phi) is 5.43. The molecular formula is C26H32N2O4. The average molecular weight is 437 g/mol. The minimum atomic E-state index is -0.624. The fourth-order valence-electron chi connectivity index (χ4n) is 5.01. The molecule has 32 heavy (non-hydrogen) atoms. The van der Waals surface area contributed by atoms with Gasteiger partial charge in [-0.05, 0) is 52.0 Å². The first-order chi connectivity index (χ1) is 15.1. The maximum atomic E-state index is 12.1. The molecular weight excluding hydrogens is 404 g/mol. The molecule has 2 aromatic rings. The first-order valence-electron chi connectivity index (χ1n) is 11.1. The van der Waals surface area contributed by atoms with Gasteiger partial charge in [0.05, 0.1) is 19.8 Å². The number of urea groups is 1. The summed E-state index contributed by atoms with van der Waals surface area (Å²) in [5.74, 6) is 1.04. The number of carbonyl (C=O) groups is 2. The number of carbonyl (C=O) groups excluding carboxylic acids is 2. The van der Waals surface area contributed by atoms with Crippen molar-refractivity contribution in [2.75, 3.05) is 14.2 Å². The quantitative estimate of drug-likeness (QED) is 0.678. The fraction of sp³-hybridized carbons (Fsp3) is 0.462. The molecule has 170 valence electrons. The van der Waals surface area contributed by atoms with Crippen molar-refractivity contribution >= 4 is 11.9 Å². The molecule has 1 atom stereocenters. The van der Waals surface area contributed by atoms with Crippen LogP contribution in [0.4, 0.5) is 4.79 Å². The van der Waals surface area contributed by atoms with Crippen molar-refractivity contribution in [3.05, 3.63) is 47.0 Å². The van der Waals surface area contributed by atoms with Crippen LogP contribution in [-0.2, 0) is 22.0 Å². The second kappa shape index (κ2) is 7.84. The van der Waals surface area contributed by atoms with E-state index in [9.17, 15) is 9.59 Å². The topological polar surface area (TPSA) is 76.7 Å². The molecule has 6 nitrogen and oxygen atoms in total. The van der Waals surface area contributed by atoms with Crippen molar-refractivity contribution in [3.63, 3.8) is 0 Å². The van der Waals surface area contributed by atoms with Gasteiger partial charge in [-0.15, -0.1) is 0 Å². The van der Waals surface area contributed by atoms with Crippen LogP contribution in [0.3, 0.4) is 0 Å². The standard InChI is InChI=1S/C26H32N2O4/c1-25(2)11-12-26(3,4)18-13-15(7-9-17(18)25)21-20(31-5)10-8-16(22(21)32-6)14-19-23(29)28-24(30)27-19/h7-10,13,19H,11-12,14H2,1-6H3,(H2,27,28,29,30). The van der Waals surface area contributed by atoms with Crippen LogP contribution in [0.15, 0.2) is 30.3 Å². The first-order valence-corrected chi connectivity index (χ1v) is 11.1. The summed E-state index contributed by atoms with van der Waals surface area (Å²) >= 11 is 0. The summed E-state index contributed by atoms with van der Waals surface area (Å²) in [4.78, 5) is 23.7. The Hall–Kier alpha value is -3.02. The summed E-state index contributed by atoms with van der Waals surface area (Å²) in [6.07, 6.45) is 2.62. The largest absolute Gasteiger partial charge is 0.496 e. The van der Waals surface area contributed by atoms with Crippen molar-refractivity contribution in [1.29, 1.82) is 0 Å². The molecule has 1 aliphatic heterocycles. The van der Waals surface area contributed by atoms with E-state index >= 15 is 0 Å². The summed E-state index contributed by atoms with van der Waals surface area (Å²) in [5.41, 5.74) is 5.66. The number of rotatable bonds is 5. The Morgan fingerprint density at radius 2 is 1.62 bits per heavy atom. The van der Waals surface area contributed by atoms with E-state index in [1.165, 1.54) is 11.1 Å².